The number of hydrogen-bond donors (Lipinski definition) is 0. The number of amides is 1. The highest BCUT2D eigenvalue weighted by Crippen LogP contribution is 2.33. The number of rotatable bonds is 5. The van der Waals surface area contributed by atoms with Crippen LogP contribution in [0.25, 0.3) is 15.9 Å². The van der Waals surface area contributed by atoms with Crippen molar-refractivity contribution in [3.8, 4) is 5.69 Å². The van der Waals surface area contributed by atoms with Gasteiger partial charge in [0.25, 0.3) is 0 Å². The van der Waals surface area contributed by atoms with Crippen LogP contribution in [0.3, 0.4) is 0 Å². The minimum atomic E-state index is 0.238. The van der Waals surface area contributed by atoms with E-state index in [0.717, 1.165) is 54.9 Å². The lowest BCUT2D eigenvalue weighted by molar-refractivity contribution is -0.132. The van der Waals surface area contributed by atoms with Crippen LogP contribution in [0, 0.1) is 13.8 Å². The fraction of sp³-hybridized carbons (Fsp3) is 0.346. The third-order valence-electron chi connectivity index (χ3n) is 6.46. The number of fused-ring (bicyclic) bond motifs is 1. The molecule has 0 aliphatic carbocycles. The molecule has 1 aliphatic heterocycles. The average Bonchev–Trinajstić information content (AvgIpc) is 3.39. The SMILES string of the molecule is Cc1nn(-c2ccccc2)c(C)c1CCC(=O)N1CCC[C@@H](c2nc3ccccc3s2)C1. The van der Waals surface area contributed by atoms with E-state index in [9.17, 15) is 4.79 Å². The van der Waals surface area contributed by atoms with Gasteiger partial charge in [-0.2, -0.15) is 5.10 Å². The lowest BCUT2D eigenvalue weighted by Gasteiger charge is -2.32. The summed E-state index contributed by atoms with van der Waals surface area (Å²) in [6, 6.07) is 18.5. The lowest BCUT2D eigenvalue weighted by atomic mass is 9.98. The van der Waals surface area contributed by atoms with Crippen molar-refractivity contribution < 1.29 is 4.79 Å². The first-order valence-corrected chi connectivity index (χ1v) is 12.2. The van der Waals surface area contributed by atoms with Crippen LogP contribution in [-0.2, 0) is 11.2 Å². The number of benzene rings is 2. The number of carbonyl (C=O) groups excluding carboxylic acids is 1. The highest BCUT2D eigenvalue weighted by molar-refractivity contribution is 7.18. The summed E-state index contributed by atoms with van der Waals surface area (Å²) in [7, 11) is 0. The monoisotopic (exact) mass is 444 g/mol. The van der Waals surface area contributed by atoms with Crippen LogP contribution >= 0.6 is 11.3 Å². The van der Waals surface area contributed by atoms with E-state index in [1.54, 1.807) is 11.3 Å². The Bertz CT molecular complexity index is 1210. The van der Waals surface area contributed by atoms with E-state index in [-0.39, 0.29) is 5.91 Å². The van der Waals surface area contributed by atoms with E-state index in [1.807, 2.05) is 40.8 Å². The number of thiazole rings is 1. The molecule has 6 heteroatoms. The molecule has 5 nitrogen and oxygen atoms in total. The topological polar surface area (TPSA) is 51.0 Å². The Hall–Kier alpha value is -2.99. The van der Waals surface area contributed by atoms with E-state index in [0.29, 0.717) is 12.3 Å². The predicted octanol–water partition coefficient (Wildman–Crippen LogP) is 5.44. The van der Waals surface area contributed by atoms with Crippen molar-refractivity contribution in [3.05, 3.63) is 76.6 Å². The lowest BCUT2D eigenvalue weighted by Crippen LogP contribution is -2.39. The van der Waals surface area contributed by atoms with Crippen molar-refractivity contribution in [1.29, 1.82) is 0 Å². The minimum Gasteiger partial charge on any atom is -0.342 e. The highest BCUT2D eigenvalue weighted by atomic mass is 32.1. The van der Waals surface area contributed by atoms with Gasteiger partial charge in [-0.3, -0.25) is 4.79 Å². The molecule has 0 N–H and O–H groups in total. The molecule has 1 amide bonds. The van der Waals surface area contributed by atoms with Crippen LogP contribution in [0.15, 0.2) is 54.6 Å². The molecule has 0 spiro atoms. The Morgan fingerprint density at radius 3 is 2.69 bits per heavy atom. The molecule has 1 atom stereocenters. The molecule has 1 aliphatic rings. The summed E-state index contributed by atoms with van der Waals surface area (Å²) in [6.07, 6.45) is 3.39. The van der Waals surface area contributed by atoms with Crippen LogP contribution in [0.1, 0.15) is 47.1 Å². The van der Waals surface area contributed by atoms with Crippen LogP contribution in [0.2, 0.25) is 0 Å². The van der Waals surface area contributed by atoms with E-state index < -0.39 is 0 Å². The minimum absolute atomic E-state index is 0.238. The van der Waals surface area contributed by atoms with E-state index >= 15 is 0 Å². The maximum Gasteiger partial charge on any atom is 0.222 e. The van der Waals surface area contributed by atoms with Gasteiger partial charge in [0, 0.05) is 31.1 Å². The molecule has 164 valence electrons. The second kappa shape index (κ2) is 8.87. The smallest absolute Gasteiger partial charge is 0.222 e. The second-order valence-electron chi connectivity index (χ2n) is 8.60. The summed E-state index contributed by atoms with van der Waals surface area (Å²) in [4.78, 5) is 20.0. The fourth-order valence-corrected chi connectivity index (χ4v) is 5.81. The number of para-hydroxylation sites is 2. The van der Waals surface area contributed by atoms with Gasteiger partial charge in [0.2, 0.25) is 5.91 Å². The number of aromatic nitrogens is 3. The predicted molar refractivity (Wildman–Crippen MR) is 130 cm³/mol. The van der Waals surface area contributed by atoms with Crippen molar-refractivity contribution in [2.75, 3.05) is 13.1 Å². The summed E-state index contributed by atoms with van der Waals surface area (Å²) >= 11 is 1.77. The molecule has 2 aromatic heterocycles. The number of piperidine rings is 1. The van der Waals surface area contributed by atoms with E-state index in [1.165, 1.54) is 15.3 Å². The number of likely N-dealkylation sites (tertiary alicyclic amines) is 1. The molecular weight excluding hydrogens is 416 g/mol. The van der Waals surface area contributed by atoms with Gasteiger partial charge in [-0.15, -0.1) is 11.3 Å². The maximum atomic E-state index is 13.1. The third-order valence-corrected chi connectivity index (χ3v) is 7.66. The standard InChI is InChI=1S/C26H28N4OS/c1-18-22(19(2)30(28-18)21-10-4-3-5-11-21)14-15-25(31)29-16-8-9-20(17-29)26-27-23-12-6-7-13-24(23)32-26/h3-7,10-13,20H,8-9,14-17H2,1-2H3/t20-/m1/s1. The zero-order valence-corrected chi connectivity index (χ0v) is 19.4. The summed E-state index contributed by atoms with van der Waals surface area (Å²) in [6.45, 7) is 5.76. The Morgan fingerprint density at radius 2 is 1.88 bits per heavy atom. The molecule has 3 heterocycles. The van der Waals surface area contributed by atoms with Crippen LogP contribution < -0.4 is 0 Å². The maximum absolute atomic E-state index is 13.1. The molecule has 5 rings (SSSR count). The van der Waals surface area contributed by atoms with Gasteiger partial charge >= 0.3 is 0 Å². The van der Waals surface area contributed by atoms with Gasteiger partial charge in [-0.05, 0) is 62.9 Å². The Morgan fingerprint density at radius 1 is 1.09 bits per heavy atom. The average molecular weight is 445 g/mol. The molecule has 1 saturated heterocycles. The van der Waals surface area contributed by atoms with Crippen LogP contribution in [0.4, 0.5) is 0 Å². The number of hydrogen-bond acceptors (Lipinski definition) is 4. The molecular formula is C26H28N4OS. The molecule has 4 aromatic rings. The molecule has 0 saturated carbocycles. The normalized spacial score (nSPS) is 16.6. The molecule has 0 unspecified atom stereocenters. The second-order valence-corrected chi connectivity index (χ2v) is 9.66. The summed E-state index contributed by atoms with van der Waals surface area (Å²) < 4.78 is 3.21. The molecule has 0 radical (unpaired) electrons. The van der Waals surface area contributed by atoms with Crippen molar-refractivity contribution in [2.24, 2.45) is 0 Å². The van der Waals surface area contributed by atoms with Crippen LogP contribution in [0.5, 0.6) is 0 Å². The van der Waals surface area contributed by atoms with E-state index in [4.69, 9.17) is 10.1 Å². The van der Waals surface area contributed by atoms with Crippen molar-refractivity contribution in [2.45, 2.75) is 45.4 Å². The fourth-order valence-electron chi connectivity index (χ4n) is 4.72. The third kappa shape index (κ3) is 4.07. The van der Waals surface area contributed by atoms with Gasteiger partial charge in [-0.25, -0.2) is 9.67 Å². The van der Waals surface area contributed by atoms with Crippen molar-refractivity contribution >= 4 is 27.5 Å². The largest absolute Gasteiger partial charge is 0.342 e. The zero-order valence-electron chi connectivity index (χ0n) is 18.6. The first-order valence-electron chi connectivity index (χ1n) is 11.3. The van der Waals surface area contributed by atoms with Gasteiger partial charge in [0.1, 0.15) is 0 Å². The van der Waals surface area contributed by atoms with Crippen molar-refractivity contribution in [3.63, 3.8) is 0 Å². The zero-order chi connectivity index (χ0) is 22.1. The molecule has 32 heavy (non-hydrogen) atoms. The Balaban J connectivity index is 1.26. The highest BCUT2D eigenvalue weighted by Gasteiger charge is 2.27. The number of carbonyl (C=O) groups is 1. The van der Waals surface area contributed by atoms with Crippen molar-refractivity contribution in [1.82, 2.24) is 19.7 Å². The molecule has 2 aromatic carbocycles. The van der Waals surface area contributed by atoms with Crippen LogP contribution in [-0.4, -0.2) is 38.7 Å². The van der Waals surface area contributed by atoms with Gasteiger partial charge in [-0.1, -0.05) is 30.3 Å². The van der Waals surface area contributed by atoms with Gasteiger partial charge in [0.15, 0.2) is 0 Å². The Kier molecular flexibility index (Phi) is 5.79. The summed E-state index contributed by atoms with van der Waals surface area (Å²) in [5.74, 6) is 0.580. The summed E-state index contributed by atoms with van der Waals surface area (Å²) in [5, 5.41) is 5.89. The van der Waals surface area contributed by atoms with E-state index in [2.05, 4.69) is 37.3 Å². The first-order chi connectivity index (χ1) is 15.6. The number of nitrogens with zero attached hydrogens (tertiary/aromatic N) is 4. The molecule has 1 fully saturated rings. The Labute approximate surface area is 192 Å². The number of aryl methyl sites for hydroxylation is 1. The molecule has 0 bridgehead atoms. The quantitative estimate of drug-likeness (QED) is 0.412. The summed E-state index contributed by atoms with van der Waals surface area (Å²) in [5.41, 5.74) is 5.43. The van der Waals surface area contributed by atoms with Gasteiger partial charge < -0.3 is 4.90 Å². The first kappa shape index (κ1) is 20.9. The van der Waals surface area contributed by atoms with Gasteiger partial charge in [0.05, 0.1) is 26.6 Å².